The van der Waals surface area contributed by atoms with E-state index >= 15 is 0 Å². The number of halogens is 1. The molecule has 0 amide bonds. The lowest BCUT2D eigenvalue weighted by molar-refractivity contribution is 0.192. The number of nitrogens with zero attached hydrogens (tertiary/aromatic N) is 1. The highest BCUT2D eigenvalue weighted by molar-refractivity contribution is 7.89. The van der Waals surface area contributed by atoms with Gasteiger partial charge in [-0.15, -0.1) is 0 Å². The SMILES string of the molecule is C[C@@H](CNS(=O)(=O)c1ccccc1F)N1CCc2ccccc2C1. The van der Waals surface area contributed by atoms with E-state index in [1.807, 2.05) is 19.1 Å². The second-order valence-corrected chi connectivity index (χ2v) is 7.86. The van der Waals surface area contributed by atoms with Gasteiger partial charge in [0.2, 0.25) is 10.0 Å². The van der Waals surface area contributed by atoms with Crippen molar-refractivity contribution in [2.45, 2.75) is 30.8 Å². The fraction of sp³-hybridized carbons (Fsp3) is 0.333. The minimum Gasteiger partial charge on any atom is -0.295 e. The molecule has 24 heavy (non-hydrogen) atoms. The Morgan fingerprint density at radius 1 is 1.12 bits per heavy atom. The first-order chi connectivity index (χ1) is 11.5. The molecule has 0 aliphatic carbocycles. The largest absolute Gasteiger partial charge is 0.295 e. The molecule has 1 atom stereocenters. The van der Waals surface area contributed by atoms with Crippen LogP contribution in [0, 0.1) is 5.82 Å². The molecule has 6 heteroatoms. The number of rotatable bonds is 5. The molecule has 0 fully saturated rings. The number of nitrogens with one attached hydrogen (secondary N) is 1. The standard InChI is InChI=1S/C18H21FN2O2S/c1-14(21-11-10-15-6-2-3-7-16(15)13-21)12-20-24(22,23)18-9-5-4-8-17(18)19/h2-9,14,20H,10-13H2,1H3/t14-/m0/s1. The summed E-state index contributed by atoms with van der Waals surface area (Å²) in [6, 6.07) is 13.8. The van der Waals surface area contributed by atoms with Crippen LogP contribution in [-0.4, -0.2) is 32.4 Å². The van der Waals surface area contributed by atoms with Gasteiger partial charge in [0.1, 0.15) is 10.7 Å². The first kappa shape index (κ1) is 17.1. The average Bonchev–Trinajstić information content (AvgIpc) is 2.59. The summed E-state index contributed by atoms with van der Waals surface area (Å²) in [7, 11) is -3.84. The fourth-order valence-electron chi connectivity index (χ4n) is 2.99. The predicted octanol–water partition coefficient (Wildman–Crippen LogP) is 2.55. The van der Waals surface area contributed by atoms with Crippen LogP contribution in [0.5, 0.6) is 0 Å². The van der Waals surface area contributed by atoms with Gasteiger partial charge in [0, 0.05) is 25.7 Å². The number of hydrogen-bond acceptors (Lipinski definition) is 3. The summed E-state index contributed by atoms with van der Waals surface area (Å²) < 4.78 is 40.8. The summed E-state index contributed by atoms with van der Waals surface area (Å²) in [4.78, 5) is 1.94. The van der Waals surface area contributed by atoms with E-state index in [0.717, 1.165) is 25.6 Å². The molecule has 0 spiro atoms. The van der Waals surface area contributed by atoms with Gasteiger partial charge in [0.15, 0.2) is 0 Å². The first-order valence-corrected chi connectivity index (χ1v) is 9.51. The zero-order chi connectivity index (χ0) is 17.2. The van der Waals surface area contributed by atoms with Gasteiger partial charge in [-0.1, -0.05) is 36.4 Å². The van der Waals surface area contributed by atoms with Crippen molar-refractivity contribution in [3.8, 4) is 0 Å². The first-order valence-electron chi connectivity index (χ1n) is 8.02. The summed E-state index contributed by atoms with van der Waals surface area (Å²) in [5, 5.41) is 0. The molecule has 1 aliphatic rings. The molecule has 0 radical (unpaired) electrons. The third kappa shape index (κ3) is 3.66. The lowest BCUT2D eigenvalue weighted by atomic mass is 9.99. The summed E-state index contributed by atoms with van der Waals surface area (Å²) in [5.41, 5.74) is 2.64. The molecule has 4 nitrogen and oxygen atoms in total. The van der Waals surface area contributed by atoms with E-state index in [1.165, 1.54) is 29.3 Å². The Morgan fingerprint density at radius 3 is 2.54 bits per heavy atom. The molecule has 0 aromatic heterocycles. The lowest BCUT2D eigenvalue weighted by Gasteiger charge is -2.33. The van der Waals surface area contributed by atoms with Gasteiger partial charge in [-0.05, 0) is 36.6 Å². The quantitative estimate of drug-likeness (QED) is 0.903. The van der Waals surface area contributed by atoms with Crippen molar-refractivity contribution in [2.24, 2.45) is 0 Å². The molecule has 1 heterocycles. The molecule has 0 saturated heterocycles. The van der Waals surface area contributed by atoms with E-state index in [4.69, 9.17) is 0 Å². The van der Waals surface area contributed by atoms with E-state index in [1.54, 1.807) is 0 Å². The van der Waals surface area contributed by atoms with Crippen LogP contribution in [-0.2, 0) is 23.0 Å². The number of fused-ring (bicyclic) bond motifs is 1. The van der Waals surface area contributed by atoms with Gasteiger partial charge in [-0.3, -0.25) is 4.90 Å². The zero-order valence-corrected chi connectivity index (χ0v) is 14.4. The van der Waals surface area contributed by atoms with Crippen LogP contribution in [0.15, 0.2) is 53.4 Å². The minimum absolute atomic E-state index is 0.0277. The summed E-state index contributed by atoms with van der Waals surface area (Å²) in [6.45, 7) is 3.93. The van der Waals surface area contributed by atoms with Crippen molar-refractivity contribution in [3.05, 3.63) is 65.5 Å². The second-order valence-electron chi connectivity index (χ2n) is 6.12. The highest BCUT2D eigenvalue weighted by Gasteiger charge is 2.23. The van der Waals surface area contributed by atoms with Gasteiger partial charge < -0.3 is 0 Å². The van der Waals surface area contributed by atoms with E-state index < -0.39 is 15.8 Å². The zero-order valence-electron chi connectivity index (χ0n) is 13.6. The van der Waals surface area contributed by atoms with Crippen LogP contribution in [0.25, 0.3) is 0 Å². The molecule has 2 aromatic rings. The van der Waals surface area contributed by atoms with Crippen LogP contribution >= 0.6 is 0 Å². The molecular weight excluding hydrogens is 327 g/mol. The normalized spacial score (nSPS) is 16.6. The summed E-state index contributed by atoms with van der Waals surface area (Å²) >= 11 is 0. The molecule has 1 aliphatic heterocycles. The molecule has 1 N–H and O–H groups in total. The molecule has 0 unspecified atom stereocenters. The maximum atomic E-state index is 13.7. The fourth-order valence-corrected chi connectivity index (χ4v) is 4.19. The molecular formula is C18H21FN2O2S. The number of sulfonamides is 1. The Hall–Kier alpha value is -1.76. The van der Waals surface area contributed by atoms with E-state index in [0.29, 0.717) is 0 Å². The highest BCUT2D eigenvalue weighted by atomic mass is 32.2. The Kier molecular flexibility index (Phi) is 4.99. The van der Waals surface area contributed by atoms with Crippen LogP contribution in [0.4, 0.5) is 4.39 Å². The topological polar surface area (TPSA) is 49.4 Å². The van der Waals surface area contributed by atoms with Crippen molar-refractivity contribution in [2.75, 3.05) is 13.1 Å². The third-order valence-corrected chi connectivity index (χ3v) is 5.94. The smallest absolute Gasteiger partial charge is 0.243 e. The third-order valence-electron chi connectivity index (χ3n) is 4.48. The predicted molar refractivity (Wildman–Crippen MR) is 91.6 cm³/mol. The number of hydrogen-bond donors (Lipinski definition) is 1. The molecule has 3 rings (SSSR count). The van der Waals surface area contributed by atoms with Crippen LogP contribution in [0.2, 0.25) is 0 Å². The maximum Gasteiger partial charge on any atom is 0.243 e. The Labute approximate surface area is 142 Å². The molecule has 128 valence electrons. The second kappa shape index (κ2) is 7.01. The van der Waals surface area contributed by atoms with E-state index in [-0.39, 0.29) is 17.5 Å². The van der Waals surface area contributed by atoms with Gasteiger partial charge >= 0.3 is 0 Å². The average molecular weight is 348 g/mol. The van der Waals surface area contributed by atoms with Gasteiger partial charge in [-0.25, -0.2) is 17.5 Å². The Bertz CT molecular complexity index is 823. The number of benzene rings is 2. The lowest BCUT2D eigenvalue weighted by Crippen LogP contribution is -2.44. The van der Waals surface area contributed by atoms with E-state index in [2.05, 4.69) is 21.8 Å². The van der Waals surface area contributed by atoms with Crippen LogP contribution in [0.3, 0.4) is 0 Å². The minimum atomic E-state index is -3.84. The van der Waals surface area contributed by atoms with E-state index in [9.17, 15) is 12.8 Å². The monoisotopic (exact) mass is 348 g/mol. The van der Waals surface area contributed by atoms with Crippen molar-refractivity contribution in [1.82, 2.24) is 9.62 Å². The van der Waals surface area contributed by atoms with Crippen LogP contribution < -0.4 is 4.72 Å². The van der Waals surface area contributed by atoms with Crippen molar-refractivity contribution in [3.63, 3.8) is 0 Å². The highest BCUT2D eigenvalue weighted by Crippen LogP contribution is 2.20. The van der Waals surface area contributed by atoms with Gasteiger partial charge in [-0.2, -0.15) is 0 Å². The van der Waals surface area contributed by atoms with Gasteiger partial charge in [0.05, 0.1) is 0 Å². The van der Waals surface area contributed by atoms with Gasteiger partial charge in [0.25, 0.3) is 0 Å². The molecule has 0 saturated carbocycles. The van der Waals surface area contributed by atoms with Crippen molar-refractivity contribution in [1.29, 1.82) is 0 Å². The van der Waals surface area contributed by atoms with Crippen molar-refractivity contribution >= 4 is 10.0 Å². The molecule has 0 bridgehead atoms. The summed E-state index contributed by atoms with van der Waals surface area (Å²) in [5.74, 6) is -0.732. The molecule has 2 aromatic carbocycles. The Balaban J connectivity index is 1.64. The van der Waals surface area contributed by atoms with Crippen molar-refractivity contribution < 1.29 is 12.8 Å². The maximum absolute atomic E-state index is 13.7. The summed E-state index contributed by atoms with van der Waals surface area (Å²) in [6.07, 6.45) is 0.959. The van der Waals surface area contributed by atoms with Crippen LogP contribution in [0.1, 0.15) is 18.1 Å². The Morgan fingerprint density at radius 2 is 1.79 bits per heavy atom.